The van der Waals surface area contributed by atoms with E-state index in [2.05, 4.69) is 4.74 Å². The average molecular weight is 294 g/mol. The van der Waals surface area contributed by atoms with Gasteiger partial charge in [-0.3, -0.25) is 4.79 Å². The van der Waals surface area contributed by atoms with Crippen molar-refractivity contribution in [1.82, 2.24) is 0 Å². The minimum atomic E-state index is -4.97. The molecule has 0 radical (unpaired) electrons. The summed E-state index contributed by atoms with van der Waals surface area (Å²) in [5.41, 5.74) is -0.306. The van der Waals surface area contributed by atoms with Gasteiger partial charge >= 0.3 is 12.3 Å². The molecule has 1 aromatic rings. The second-order valence-electron chi connectivity index (χ2n) is 3.44. The molecule has 0 aromatic heterocycles. The lowest BCUT2D eigenvalue weighted by molar-refractivity contribution is -0.274. The summed E-state index contributed by atoms with van der Waals surface area (Å²) in [5.74, 6) is -2.21. The Kier molecular flexibility index (Phi) is 4.62. The molecule has 8 heteroatoms. The molecular formula is C11H7ClF3NO3. The van der Waals surface area contributed by atoms with Crippen molar-refractivity contribution in [2.24, 2.45) is 0 Å². The largest absolute Gasteiger partial charge is 0.573 e. The van der Waals surface area contributed by atoms with E-state index < -0.39 is 24.5 Å². The van der Waals surface area contributed by atoms with Crippen LogP contribution in [0, 0.1) is 11.3 Å². The maximum atomic E-state index is 12.2. The molecule has 0 aliphatic heterocycles. The molecule has 102 valence electrons. The zero-order chi connectivity index (χ0) is 14.6. The van der Waals surface area contributed by atoms with E-state index in [1.165, 1.54) is 6.07 Å². The van der Waals surface area contributed by atoms with Crippen molar-refractivity contribution in [3.63, 3.8) is 0 Å². The molecule has 19 heavy (non-hydrogen) atoms. The highest BCUT2D eigenvalue weighted by molar-refractivity contribution is 6.17. The van der Waals surface area contributed by atoms with Gasteiger partial charge in [0.2, 0.25) is 0 Å². The molecule has 1 rings (SSSR count). The van der Waals surface area contributed by atoms with Gasteiger partial charge in [0.1, 0.15) is 5.75 Å². The Balaban J connectivity index is 3.39. The summed E-state index contributed by atoms with van der Waals surface area (Å²) in [6.45, 7) is 0. The fraction of sp³-hybridized carbons (Fsp3) is 0.273. The molecule has 0 fully saturated rings. The average Bonchev–Trinajstić information content (AvgIpc) is 2.28. The molecule has 0 bridgehead atoms. The van der Waals surface area contributed by atoms with Crippen LogP contribution in [0.5, 0.6) is 5.75 Å². The Morgan fingerprint density at radius 3 is 2.53 bits per heavy atom. The summed E-state index contributed by atoms with van der Waals surface area (Å²) in [6, 6.07) is 3.79. The van der Waals surface area contributed by atoms with Crippen LogP contribution in [0.1, 0.15) is 16.7 Å². The summed E-state index contributed by atoms with van der Waals surface area (Å²) < 4.78 is 40.3. The number of ether oxygens (including phenoxy) is 1. The van der Waals surface area contributed by atoms with Gasteiger partial charge in [0.15, 0.2) is 0 Å². The first-order chi connectivity index (χ1) is 8.78. The lowest BCUT2D eigenvalue weighted by Gasteiger charge is -2.15. The highest BCUT2D eigenvalue weighted by Crippen LogP contribution is 2.31. The summed E-state index contributed by atoms with van der Waals surface area (Å²) in [4.78, 5) is 10.7. The first kappa shape index (κ1) is 15.1. The normalized spacial score (nSPS) is 10.9. The Morgan fingerprint density at radius 1 is 1.47 bits per heavy atom. The number of hydrogen-bond donors (Lipinski definition) is 1. The monoisotopic (exact) mass is 293 g/mol. The number of aliphatic carboxylic acids is 1. The second kappa shape index (κ2) is 5.80. The molecule has 0 aliphatic rings. The zero-order valence-corrected chi connectivity index (χ0v) is 10.0. The lowest BCUT2D eigenvalue weighted by atomic mass is 9.99. The molecule has 0 amide bonds. The van der Waals surface area contributed by atoms with Gasteiger partial charge in [-0.15, -0.1) is 24.8 Å². The minimum absolute atomic E-state index is 0.123. The SMILES string of the molecule is N#Cc1c(CCl)ccc(OC(F)(F)F)c1CC(=O)O. The molecule has 0 aliphatic carbocycles. The quantitative estimate of drug-likeness (QED) is 0.867. The fourth-order valence-corrected chi connectivity index (χ4v) is 1.70. The molecule has 0 atom stereocenters. The van der Waals surface area contributed by atoms with Gasteiger partial charge in [0, 0.05) is 11.4 Å². The van der Waals surface area contributed by atoms with Gasteiger partial charge in [0.05, 0.1) is 18.1 Å². The van der Waals surface area contributed by atoms with Crippen LogP contribution in [-0.4, -0.2) is 17.4 Å². The summed E-state index contributed by atoms with van der Waals surface area (Å²) in [6.07, 6.45) is -5.73. The van der Waals surface area contributed by atoms with Crippen LogP contribution in [0.15, 0.2) is 12.1 Å². The number of nitriles is 1. The maximum Gasteiger partial charge on any atom is 0.573 e. The van der Waals surface area contributed by atoms with Gasteiger partial charge < -0.3 is 9.84 Å². The van der Waals surface area contributed by atoms with Crippen molar-refractivity contribution in [3.05, 3.63) is 28.8 Å². The molecular weight excluding hydrogens is 287 g/mol. The van der Waals surface area contributed by atoms with Crippen LogP contribution < -0.4 is 4.74 Å². The van der Waals surface area contributed by atoms with Crippen molar-refractivity contribution in [2.75, 3.05) is 0 Å². The van der Waals surface area contributed by atoms with E-state index in [-0.39, 0.29) is 22.6 Å². The number of nitrogens with zero attached hydrogens (tertiary/aromatic N) is 1. The molecule has 0 saturated heterocycles. The van der Waals surface area contributed by atoms with Crippen LogP contribution >= 0.6 is 11.6 Å². The topological polar surface area (TPSA) is 70.3 Å². The fourth-order valence-electron chi connectivity index (χ4n) is 1.47. The van der Waals surface area contributed by atoms with Crippen LogP contribution in [0.4, 0.5) is 13.2 Å². The predicted molar refractivity (Wildman–Crippen MR) is 58.7 cm³/mol. The molecule has 0 unspecified atom stereocenters. The number of rotatable bonds is 4. The number of alkyl halides is 4. The standard InChI is InChI=1S/C11H7ClF3NO3/c12-4-6-1-2-9(19-11(13,14)15)7(3-10(17)18)8(6)5-16/h1-2H,3-4H2,(H,17,18). The summed E-state index contributed by atoms with van der Waals surface area (Å²) in [5, 5.41) is 17.6. The second-order valence-corrected chi connectivity index (χ2v) is 3.71. The number of carboxylic acid groups (broad SMARTS) is 1. The van der Waals surface area contributed by atoms with E-state index in [0.29, 0.717) is 0 Å². The van der Waals surface area contributed by atoms with Crippen molar-refractivity contribution < 1.29 is 27.8 Å². The van der Waals surface area contributed by atoms with E-state index in [1.807, 2.05) is 0 Å². The highest BCUT2D eigenvalue weighted by atomic mass is 35.5. The molecule has 0 spiro atoms. The smallest absolute Gasteiger partial charge is 0.481 e. The van der Waals surface area contributed by atoms with Crippen molar-refractivity contribution in [2.45, 2.75) is 18.7 Å². The van der Waals surface area contributed by atoms with Gasteiger partial charge in [-0.1, -0.05) is 6.07 Å². The number of halogens is 4. The van der Waals surface area contributed by atoms with Crippen LogP contribution in [0.25, 0.3) is 0 Å². The number of carbonyl (C=O) groups is 1. The van der Waals surface area contributed by atoms with Crippen molar-refractivity contribution in [1.29, 1.82) is 5.26 Å². The first-order valence-electron chi connectivity index (χ1n) is 4.87. The van der Waals surface area contributed by atoms with Gasteiger partial charge in [-0.2, -0.15) is 5.26 Å². The van der Waals surface area contributed by atoms with Gasteiger partial charge in [0.25, 0.3) is 0 Å². The van der Waals surface area contributed by atoms with Gasteiger partial charge in [-0.05, 0) is 11.6 Å². The Bertz CT molecular complexity index is 537. The Hall–Kier alpha value is -1.94. The minimum Gasteiger partial charge on any atom is -0.481 e. The molecule has 0 saturated carbocycles. The maximum absolute atomic E-state index is 12.2. The number of carboxylic acids is 1. The third-order valence-corrected chi connectivity index (χ3v) is 2.45. The summed E-state index contributed by atoms with van der Waals surface area (Å²) >= 11 is 5.54. The third-order valence-electron chi connectivity index (χ3n) is 2.17. The Labute approximate surface area is 111 Å². The molecule has 4 nitrogen and oxygen atoms in total. The first-order valence-corrected chi connectivity index (χ1v) is 5.40. The van der Waals surface area contributed by atoms with E-state index >= 15 is 0 Å². The van der Waals surface area contributed by atoms with Crippen LogP contribution in [0.2, 0.25) is 0 Å². The van der Waals surface area contributed by atoms with Crippen molar-refractivity contribution >= 4 is 17.6 Å². The lowest BCUT2D eigenvalue weighted by Crippen LogP contribution is -2.19. The molecule has 1 aromatic carbocycles. The van der Waals surface area contributed by atoms with E-state index in [1.54, 1.807) is 6.07 Å². The zero-order valence-electron chi connectivity index (χ0n) is 9.29. The molecule has 0 heterocycles. The van der Waals surface area contributed by atoms with E-state index in [4.69, 9.17) is 22.0 Å². The van der Waals surface area contributed by atoms with Gasteiger partial charge in [-0.25, -0.2) is 0 Å². The number of benzene rings is 1. The number of hydrogen-bond acceptors (Lipinski definition) is 3. The van der Waals surface area contributed by atoms with Crippen molar-refractivity contribution in [3.8, 4) is 11.8 Å². The Morgan fingerprint density at radius 2 is 2.11 bits per heavy atom. The summed E-state index contributed by atoms with van der Waals surface area (Å²) in [7, 11) is 0. The van der Waals surface area contributed by atoms with E-state index in [9.17, 15) is 18.0 Å². The van der Waals surface area contributed by atoms with E-state index in [0.717, 1.165) is 6.07 Å². The molecule has 1 N–H and O–H groups in total. The predicted octanol–water partition coefficient (Wildman–Crippen LogP) is 2.82. The third kappa shape index (κ3) is 4.03. The highest BCUT2D eigenvalue weighted by Gasteiger charge is 2.33. The van der Waals surface area contributed by atoms with Crippen LogP contribution in [-0.2, 0) is 17.1 Å². The van der Waals surface area contributed by atoms with Crippen LogP contribution in [0.3, 0.4) is 0 Å².